The summed E-state index contributed by atoms with van der Waals surface area (Å²) in [6, 6.07) is 0. The molecule has 0 aromatic heterocycles. The second kappa shape index (κ2) is 3.69. The molecule has 62 valence electrons. The SMILES string of the molecule is CC1C=C(CCN)C=CC1O. The largest absolute Gasteiger partial charge is 0.388 e. The highest BCUT2D eigenvalue weighted by molar-refractivity contribution is 5.25. The number of nitrogens with two attached hydrogens (primary N) is 1. The smallest absolute Gasteiger partial charge is 0.0784 e. The van der Waals surface area contributed by atoms with Crippen molar-refractivity contribution in [1.82, 2.24) is 0 Å². The highest BCUT2D eigenvalue weighted by Crippen LogP contribution is 2.18. The maximum Gasteiger partial charge on any atom is 0.0784 e. The van der Waals surface area contributed by atoms with Crippen LogP contribution in [0.15, 0.2) is 23.8 Å². The molecule has 0 saturated carbocycles. The molecule has 0 aromatic rings. The third kappa shape index (κ3) is 2.17. The van der Waals surface area contributed by atoms with E-state index in [2.05, 4.69) is 6.08 Å². The van der Waals surface area contributed by atoms with E-state index in [9.17, 15) is 5.11 Å². The van der Waals surface area contributed by atoms with Crippen molar-refractivity contribution in [2.75, 3.05) is 6.54 Å². The van der Waals surface area contributed by atoms with Gasteiger partial charge in [-0.05, 0) is 13.0 Å². The number of rotatable bonds is 2. The van der Waals surface area contributed by atoms with Gasteiger partial charge >= 0.3 is 0 Å². The van der Waals surface area contributed by atoms with Gasteiger partial charge in [-0.3, -0.25) is 0 Å². The fourth-order valence-corrected chi connectivity index (χ4v) is 1.22. The second-order valence-electron chi connectivity index (χ2n) is 2.99. The molecule has 11 heavy (non-hydrogen) atoms. The number of aliphatic hydroxyl groups is 1. The normalized spacial score (nSPS) is 30.3. The topological polar surface area (TPSA) is 46.2 Å². The first-order valence-electron chi connectivity index (χ1n) is 4.01. The monoisotopic (exact) mass is 153 g/mol. The molecular weight excluding hydrogens is 138 g/mol. The number of hydrogen-bond acceptors (Lipinski definition) is 2. The summed E-state index contributed by atoms with van der Waals surface area (Å²) in [5.41, 5.74) is 6.64. The zero-order valence-electron chi connectivity index (χ0n) is 6.83. The molecule has 0 spiro atoms. The molecular formula is C9H15NO. The molecule has 3 N–H and O–H groups in total. The molecule has 0 saturated heterocycles. The summed E-state index contributed by atoms with van der Waals surface area (Å²) in [4.78, 5) is 0. The van der Waals surface area contributed by atoms with Crippen LogP contribution in [-0.4, -0.2) is 17.8 Å². The van der Waals surface area contributed by atoms with Crippen molar-refractivity contribution in [2.45, 2.75) is 19.4 Å². The maximum atomic E-state index is 9.30. The lowest BCUT2D eigenvalue weighted by Crippen LogP contribution is -2.16. The molecule has 2 atom stereocenters. The van der Waals surface area contributed by atoms with E-state index in [1.165, 1.54) is 5.57 Å². The predicted octanol–water partition coefficient (Wildman–Crippen LogP) is 0.828. The lowest BCUT2D eigenvalue weighted by atomic mass is 9.94. The van der Waals surface area contributed by atoms with Crippen molar-refractivity contribution in [1.29, 1.82) is 0 Å². The summed E-state index contributed by atoms with van der Waals surface area (Å²) >= 11 is 0. The van der Waals surface area contributed by atoms with E-state index in [0.29, 0.717) is 6.54 Å². The molecule has 0 amide bonds. The number of aliphatic hydroxyl groups excluding tert-OH is 1. The first kappa shape index (κ1) is 8.50. The van der Waals surface area contributed by atoms with Crippen molar-refractivity contribution in [3.63, 3.8) is 0 Å². The highest BCUT2D eigenvalue weighted by atomic mass is 16.3. The van der Waals surface area contributed by atoms with Crippen LogP contribution in [0.5, 0.6) is 0 Å². The van der Waals surface area contributed by atoms with Crippen LogP contribution in [0.25, 0.3) is 0 Å². The molecule has 2 nitrogen and oxygen atoms in total. The van der Waals surface area contributed by atoms with Gasteiger partial charge in [0.15, 0.2) is 0 Å². The van der Waals surface area contributed by atoms with Crippen molar-refractivity contribution >= 4 is 0 Å². The number of allylic oxidation sites excluding steroid dienone is 1. The Bertz CT molecular complexity index is 184. The summed E-state index contributed by atoms with van der Waals surface area (Å²) in [5, 5.41) is 9.30. The Kier molecular flexibility index (Phi) is 2.85. The van der Waals surface area contributed by atoms with Crippen LogP contribution < -0.4 is 5.73 Å². The van der Waals surface area contributed by atoms with Crippen LogP contribution in [0.1, 0.15) is 13.3 Å². The first-order chi connectivity index (χ1) is 5.24. The van der Waals surface area contributed by atoms with E-state index in [1.807, 2.05) is 19.1 Å². The fourth-order valence-electron chi connectivity index (χ4n) is 1.22. The summed E-state index contributed by atoms with van der Waals surface area (Å²) < 4.78 is 0. The minimum absolute atomic E-state index is 0.238. The van der Waals surface area contributed by atoms with Crippen LogP contribution in [0, 0.1) is 5.92 Å². The van der Waals surface area contributed by atoms with Crippen molar-refractivity contribution in [2.24, 2.45) is 11.7 Å². The Labute approximate surface area is 67.4 Å². The van der Waals surface area contributed by atoms with Crippen LogP contribution in [-0.2, 0) is 0 Å². The maximum absolute atomic E-state index is 9.30. The average Bonchev–Trinajstić information content (AvgIpc) is 1.98. The summed E-state index contributed by atoms with van der Waals surface area (Å²) in [6.45, 7) is 2.68. The minimum Gasteiger partial charge on any atom is -0.388 e. The molecule has 2 heteroatoms. The molecule has 0 aliphatic heterocycles. The van der Waals surface area contributed by atoms with Gasteiger partial charge in [0.2, 0.25) is 0 Å². The van der Waals surface area contributed by atoms with E-state index < -0.39 is 0 Å². The molecule has 0 heterocycles. The zero-order valence-corrected chi connectivity index (χ0v) is 6.83. The quantitative estimate of drug-likeness (QED) is 0.617. The first-order valence-corrected chi connectivity index (χ1v) is 4.01. The highest BCUT2D eigenvalue weighted by Gasteiger charge is 2.12. The molecule has 0 aromatic carbocycles. The fraction of sp³-hybridized carbons (Fsp3) is 0.556. The van der Waals surface area contributed by atoms with E-state index in [-0.39, 0.29) is 12.0 Å². The summed E-state index contributed by atoms with van der Waals surface area (Å²) in [7, 11) is 0. The average molecular weight is 153 g/mol. The Hall–Kier alpha value is -0.600. The van der Waals surface area contributed by atoms with Gasteiger partial charge < -0.3 is 10.8 Å². The van der Waals surface area contributed by atoms with Crippen LogP contribution in [0.3, 0.4) is 0 Å². The molecule has 2 unspecified atom stereocenters. The zero-order chi connectivity index (χ0) is 8.27. The van der Waals surface area contributed by atoms with Crippen LogP contribution in [0.4, 0.5) is 0 Å². The second-order valence-corrected chi connectivity index (χ2v) is 2.99. The Morgan fingerprint density at radius 1 is 1.64 bits per heavy atom. The Morgan fingerprint density at radius 2 is 2.36 bits per heavy atom. The van der Waals surface area contributed by atoms with E-state index in [1.54, 1.807) is 0 Å². The summed E-state index contributed by atoms with van der Waals surface area (Å²) in [5.74, 6) is 0.238. The van der Waals surface area contributed by atoms with Crippen molar-refractivity contribution in [3.8, 4) is 0 Å². The van der Waals surface area contributed by atoms with Gasteiger partial charge in [-0.1, -0.05) is 30.7 Å². The van der Waals surface area contributed by atoms with E-state index in [4.69, 9.17) is 5.73 Å². The molecule has 1 rings (SSSR count). The van der Waals surface area contributed by atoms with Gasteiger partial charge in [-0.25, -0.2) is 0 Å². The van der Waals surface area contributed by atoms with Gasteiger partial charge in [0, 0.05) is 5.92 Å². The third-order valence-electron chi connectivity index (χ3n) is 1.96. The van der Waals surface area contributed by atoms with Crippen LogP contribution >= 0.6 is 0 Å². The standard InChI is InChI=1S/C9H15NO/c1-7-6-8(4-5-10)2-3-9(7)11/h2-3,6-7,9,11H,4-5,10H2,1H3. The Morgan fingerprint density at radius 3 is 2.91 bits per heavy atom. The van der Waals surface area contributed by atoms with Crippen LogP contribution in [0.2, 0.25) is 0 Å². The summed E-state index contributed by atoms with van der Waals surface area (Å²) in [6.07, 6.45) is 6.47. The lowest BCUT2D eigenvalue weighted by Gasteiger charge is -2.17. The molecule has 1 aliphatic rings. The minimum atomic E-state index is -0.309. The van der Waals surface area contributed by atoms with E-state index in [0.717, 1.165) is 6.42 Å². The van der Waals surface area contributed by atoms with Crippen molar-refractivity contribution in [3.05, 3.63) is 23.8 Å². The van der Waals surface area contributed by atoms with Gasteiger partial charge in [0.1, 0.15) is 0 Å². The molecule has 0 radical (unpaired) electrons. The van der Waals surface area contributed by atoms with Gasteiger partial charge in [-0.2, -0.15) is 0 Å². The Balaban J connectivity index is 2.57. The molecule has 0 bridgehead atoms. The van der Waals surface area contributed by atoms with E-state index >= 15 is 0 Å². The molecule has 1 aliphatic carbocycles. The predicted molar refractivity (Wildman–Crippen MR) is 46.1 cm³/mol. The third-order valence-corrected chi connectivity index (χ3v) is 1.96. The van der Waals surface area contributed by atoms with Gasteiger partial charge in [-0.15, -0.1) is 0 Å². The van der Waals surface area contributed by atoms with Gasteiger partial charge in [0.05, 0.1) is 6.10 Å². The molecule has 0 fully saturated rings. The van der Waals surface area contributed by atoms with Crippen molar-refractivity contribution < 1.29 is 5.11 Å². The van der Waals surface area contributed by atoms with Gasteiger partial charge in [0.25, 0.3) is 0 Å². The number of hydrogen-bond donors (Lipinski definition) is 2. The lowest BCUT2D eigenvalue weighted by molar-refractivity contribution is 0.183.